The molecule has 0 aliphatic rings. The van der Waals surface area contributed by atoms with Gasteiger partial charge in [0.05, 0.1) is 0 Å². The minimum absolute atomic E-state index is 0.0760. The highest BCUT2D eigenvalue weighted by molar-refractivity contribution is 6.29. The molecule has 4 N–H and O–H groups in total. The van der Waals surface area contributed by atoms with Crippen LogP contribution in [0.3, 0.4) is 0 Å². The Kier molecular flexibility index (Phi) is 8.61. The number of nitrogens with one attached hydrogen (secondary N) is 2. The molecule has 3 amide bonds. The lowest BCUT2D eigenvalue weighted by molar-refractivity contribution is -0.129. The van der Waals surface area contributed by atoms with Gasteiger partial charge in [0.15, 0.2) is 0 Å². The number of carbonyl (C=O) groups is 3. The van der Waals surface area contributed by atoms with Crippen molar-refractivity contribution in [3.8, 4) is 0 Å². The largest absolute Gasteiger partial charge is 0.445 e. The second-order valence-corrected chi connectivity index (χ2v) is 7.47. The van der Waals surface area contributed by atoms with E-state index in [0.29, 0.717) is 10.7 Å². The van der Waals surface area contributed by atoms with Crippen LogP contribution >= 0.6 is 11.6 Å². The first-order chi connectivity index (χ1) is 14.3. The number of nitrogens with zero attached hydrogens (tertiary/aromatic N) is 1. The van der Waals surface area contributed by atoms with Gasteiger partial charge >= 0.3 is 6.09 Å². The predicted molar refractivity (Wildman–Crippen MR) is 112 cm³/mol. The van der Waals surface area contributed by atoms with Crippen molar-refractivity contribution in [1.29, 1.82) is 0 Å². The van der Waals surface area contributed by atoms with Crippen LogP contribution < -0.4 is 16.4 Å². The molecule has 1 heterocycles. The van der Waals surface area contributed by atoms with E-state index in [1.165, 1.54) is 6.20 Å². The highest BCUT2D eigenvalue weighted by atomic mass is 35.5. The summed E-state index contributed by atoms with van der Waals surface area (Å²) in [6.45, 7) is 3.61. The average molecular weight is 433 g/mol. The minimum Gasteiger partial charge on any atom is -0.445 e. The molecule has 2 rings (SSSR count). The maximum Gasteiger partial charge on any atom is 0.408 e. The van der Waals surface area contributed by atoms with E-state index in [0.717, 1.165) is 5.56 Å². The summed E-state index contributed by atoms with van der Waals surface area (Å²) in [5.74, 6) is -1.49. The number of ether oxygens (including phenoxy) is 1. The first-order valence-corrected chi connectivity index (χ1v) is 9.81. The molecule has 0 saturated heterocycles. The summed E-state index contributed by atoms with van der Waals surface area (Å²) in [4.78, 5) is 40.7. The number of hydrogen-bond donors (Lipinski definition) is 3. The van der Waals surface area contributed by atoms with Gasteiger partial charge < -0.3 is 21.1 Å². The molecule has 0 aliphatic heterocycles. The maximum atomic E-state index is 12.7. The fourth-order valence-corrected chi connectivity index (χ4v) is 2.79. The van der Waals surface area contributed by atoms with E-state index < -0.39 is 30.0 Å². The van der Waals surface area contributed by atoms with Gasteiger partial charge in [-0.05, 0) is 23.1 Å². The Morgan fingerprint density at radius 2 is 1.77 bits per heavy atom. The third-order valence-electron chi connectivity index (χ3n) is 4.32. The van der Waals surface area contributed by atoms with Crippen LogP contribution in [0.4, 0.5) is 4.79 Å². The van der Waals surface area contributed by atoms with Gasteiger partial charge in [-0.15, -0.1) is 0 Å². The van der Waals surface area contributed by atoms with Crippen LogP contribution in [0.25, 0.3) is 0 Å². The Labute approximate surface area is 180 Å². The van der Waals surface area contributed by atoms with Crippen LogP contribution in [0.15, 0.2) is 48.7 Å². The molecule has 0 spiro atoms. The molecule has 0 fully saturated rings. The normalized spacial score (nSPS) is 12.7. The van der Waals surface area contributed by atoms with Crippen molar-refractivity contribution in [3.63, 3.8) is 0 Å². The Balaban J connectivity index is 1.97. The number of aromatic nitrogens is 1. The molecular formula is C21H25ClN4O4. The first kappa shape index (κ1) is 23.2. The fraction of sp³-hybridized carbons (Fsp3) is 0.333. The number of alkyl carbamates (subject to hydrolysis) is 1. The molecule has 2 aromatic rings. The van der Waals surface area contributed by atoms with Crippen molar-refractivity contribution in [2.75, 3.05) is 0 Å². The molecular weight excluding hydrogens is 408 g/mol. The molecule has 160 valence electrons. The minimum atomic E-state index is -0.969. The fourth-order valence-electron chi connectivity index (χ4n) is 2.67. The highest BCUT2D eigenvalue weighted by Crippen LogP contribution is 2.09. The number of carbonyl (C=O) groups excluding carboxylic acids is 3. The quantitative estimate of drug-likeness (QED) is 0.524. The molecule has 0 aliphatic carbocycles. The first-order valence-electron chi connectivity index (χ1n) is 9.43. The van der Waals surface area contributed by atoms with Crippen LogP contribution in [-0.2, 0) is 27.4 Å². The van der Waals surface area contributed by atoms with E-state index in [2.05, 4.69) is 15.6 Å². The number of pyridine rings is 1. The van der Waals surface area contributed by atoms with Gasteiger partial charge in [-0.1, -0.05) is 61.8 Å². The zero-order valence-corrected chi connectivity index (χ0v) is 17.6. The zero-order chi connectivity index (χ0) is 22.1. The topological polar surface area (TPSA) is 123 Å². The summed E-state index contributed by atoms with van der Waals surface area (Å²) in [5.41, 5.74) is 6.94. The van der Waals surface area contributed by atoms with E-state index in [9.17, 15) is 14.4 Å². The Morgan fingerprint density at radius 3 is 2.33 bits per heavy atom. The predicted octanol–water partition coefficient (Wildman–Crippen LogP) is 2.20. The monoisotopic (exact) mass is 432 g/mol. The van der Waals surface area contributed by atoms with Crippen molar-refractivity contribution < 1.29 is 19.1 Å². The molecule has 2 atom stereocenters. The number of halogens is 1. The van der Waals surface area contributed by atoms with E-state index in [4.69, 9.17) is 22.1 Å². The van der Waals surface area contributed by atoms with Gasteiger partial charge in [0, 0.05) is 12.6 Å². The molecule has 30 heavy (non-hydrogen) atoms. The van der Waals surface area contributed by atoms with Gasteiger partial charge in [-0.2, -0.15) is 0 Å². The summed E-state index contributed by atoms with van der Waals surface area (Å²) >= 11 is 5.76. The summed E-state index contributed by atoms with van der Waals surface area (Å²) in [7, 11) is 0. The molecule has 1 aromatic carbocycles. The highest BCUT2D eigenvalue weighted by Gasteiger charge is 2.28. The van der Waals surface area contributed by atoms with E-state index in [-0.39, 0.29) is 18.9 Å². The van der Waals surface area contributed by atoms with Crippen LogP contribution in [0.5, 0.6) is 0 Å². The Morgan fingerprint density at radius 1 is 1.07 bits per heavy atom. The van der Waals surface area contributed by atoms with Crippen LogP contribution in [0, 0.1) is 5.92 Å². The van der Waals surface area contributed by atoms with E-state index >= 15 is 0 Å². The lowest BCUT2D eigenvalue weighted by Crippen LogP contribution is -2.55. The molecule has 0 unspecified atom stereocenters. The second-order valence-electron chi connectivity index (χ2n) is 7.08. The number of hydrogen-bond acceptors (Lipinski definition) is 5. The smallest absolute Gasteiger partial charge is 0.408 e. The Bertz CT molecular complexity index is 859. The molecule has 0 saturated carbocycles. The van der Waals surface area contributed by atoms with Crippen molar-refractivity contribution in [1.82, 2.24) is 15.6 Å². The van der Waals surface area contributed by atoms with Gasteiger partial charge in [0.25, 0.3) is 0 Å². The van der Waals surface area contributed by atoms with E-state index in [1.54, 1.807) is 26.0 Å². The summed E-state index contributed by atoms with van der Waals surface area (Å²) in [6.07, 6.45) is 0.920. The molecule has 0 bridgehead atoms. The van der Waals surface area contributed by atoms with Crippen molar-refractivity contribution in [3.05, 3.63) is 64.9 Å². The van der Waals surface area contributed by atoms with Crippen LogP contribution in [-0.4, -0.2) is 35.0 Å². The standard InChI is InChI=1S/C21H25ClN4O4/c1-13(2)18(26-21(29)30-12-14-6-4-3-5-7-14)20(28)25-16(19(23)27)10-15-8-9-17(22)24-11-15/h3-9,11,13,16,18H,10,12H2,1-2H3,(H2,23,27)(H,25,28)(H,26,29)/t16-,18+/m0/s1. The number of rotatable bonds is 9. The molecule has 9 heteroatoms. The maximum absolute atomic E-state index is 12.7. The lowest BCUT2D eigenvalue weighted by Gasteiger charge is -2.24. The second kappa shape index (κ2) is 11.2. The van der Waals surface area contributed by atoms with Crippen molar-refractivity contribution >= 4 is 29.5 Å². The van der Waals surface area contributed by atoms with Gasteiger partial charge in [-0.25, -0.2) is 9.78 Å². The number of nitrogens with two attached hydrogens (primary N) is 1. The number of primary amides is 1. The van der Waals surface area contributed by atoms with Gasteiger partial charge in [0.2, 0.25) is 11.8 Å². The van der Waals surface area contributed by atoms with Gasteiger partial charge in [0.1, 0.15) is 23.8 Å². The third kappa shape index (κ3) is 7.36. The van der Waals surface area contributed by atoms with Crippen molar-refractivity contribution in [2.45, 2.75) is 39.0 Å². The van der Waals surface area contributed by atoms with Gasteiger partial charge in [-0.3, -0.25) is 9.59 Å². The average Bonchev–Trinajstić information content (AvgIpc) is 2.71. The van der Waals surface area contributed by atoms with Crippen molar-refractivity contribution in [2.24, 2.45) is 11.7 Å². The third-order valence-corrected chi connectivity index (χ3v) is 4.55. The molecule has 0 radical (unpaired) electrons. The summed E-state index contributed by atoms with van der Waals surface area (Å²) in [5, 5.41) is 5.46. The van der Waals surface area contributed by atoms with Crippen LogP contribution in [0.1, 0.15) is 25.0 Å². The lowest BCUT2D eigenvalue weighted by atomic mass is 10.0. The summed E-state index contributed by atoms with van der Waals surface area (Å²) < 4.78 is 5.18. The number of amides is 3. The van der Waals surface area contributed by atoms with Crippen LogP contribution in [0.2, 0.25) is 5.15 Å². The number of benzene rings is 1. The van der Waals surface area contributed by atoms with E-state index in [1.807, 2.05) is 30.3 Å². The SMILES string of the molecule is CC(C)[C@@H](NC(=O)OCc1ccccc1)C(=O)N[C@@H](Cc1ccc(Cl)nc1)C(N)=O. The Hall–Kier alpha value is -3.13. The summed E-state index contributed by atoms with van der Waals surface area (Å²) in [6, 6.07) is 10.6. The molecule has 8 nitrogen and oxygen atoms in total. The molecule has 1 aromatic heterocycles. The zero-order valence-electron chi connectivity index (χ0n) is 16.8.